The maximum absolute atomic E-state index is 12.6. The fourth-order valence-electron chi connectivity index (χ4n) is 1.77. The van der Waals surface area contributed by atoms with Gasteiger partial charge in [0.05, 0.1) is 19.4 Å². The molecule has 0 spiro atoms. The molecular formula is C13H25N3O4S. The van der Waals surface area contributed by atoms with Crippen molar-refractivity contribution >= 4 is 10.0 Å². The van der Waals surface area contributed by atoms with Crippen molar-refractivity contribution in [1.29, 1.82) is 0 Å². The zero-order valence-corrected chi connectivity index (χ0v) is 13.8. The van der Waals surface area contributed by atoms with Crippen molar-refractivity contribution < 1.29 is 17.9 Å². The molecule has 0 aliphatic heterocycles. The first kappa shape index (κ1) is 18.1. The molecule has 1 N–H and O–H groups in total. The second kappa shape index (κ2) is 9.14. The SMILES string of the molecule is CCOCCN(CCOCC)S(=O)(=O)c1cnc(CC)[nH]1. The van der Waals surface area contributed by atoms with Gasteiger partial charge in [-0.25, -0.2) is 13.4 Å². The molecule has 0 radical (unpaired) electrons. The van der Waals surface area contributed by atoms with Gasteiger partial charge >= 0.3 is 0 Å². The molecule has 122 valence electrons. The third kappa shape index (κ3) is 5.39. The van der Waals surface area contributed by atoms with Gasteiger partial charge in [-0.2, -0.15) is 4.31 Å². The smallest absolute Gasteiger partial charge is 0.260 e. The lowest BCUT2D eigenvalue weighted by Gasteiger charge is -2.21. The van der Waals surface area contributed by atoms with E-state index >= 15 is 0 Å². The molecule has 0 bridgehead atoms. The number of H-pyrrole nitrogens is 1. The number of hydrogen-bond acceptors (Lipinski definition) is 5. The first-order valence-electron chi connectivity index (χ1n) is 7.25. The molecule has 0 saturated heterocycles. The Kier molecular flexibility index (Phi) is 7.87. The maximum atomic E-state index is 12.6. The van der Waals surface area contributed by atoms with E-state index in [0.717, 1.165) is 0 Å². The van der Waals surface area contributed by atoms with Gasteiger partial charge in [0.25, 0.3) is 10.0 Å². The molecule has 0 atom stereocenters. The van der Waals surface area contributed by atoms with E-state index in [1.165, 1.54) is 10.5 Å². The lowest BCUT2D eigenvalue weighted by Crippen LogP contribution is -2.37. The Bertz CT molecular complexity index is 491. The fourth-order valence-corrected chi connectivity index (χ4v) is 3.11. The van der Waals surface area contributed by atoms with Gasteiger partial charge in [-0.1, -0.05) is 6.92 Å². The number of nitrogens with one attached hydrogen (secondary N) is 1. The summed E-state index contributed by atoms with van der Waals surface area (Å²) in [5.41, 5.74) is 0. The molecule has 1 heterocycles. The number of imidazole rings is 1. The van der Waals surface area contributed by atoms with Crippen LogP contribution < -0.4 is 0 Å². The summed E-state index contributed by atoms with van der Waals surface area (Å²) in [6.07, 6.45) is 2.02. The van der Waals surface area contributed by atoms with Gasteiger partial charge < -0.3 is 14.5 Å². The monoisotopic (exact) mass is 319 g/mol. The molecule has 1 rings (SSSR count). The van der Waals surface area contributed by atoms with Crippen LogP contribution in [0, 0.1) is 0 Å². The normalized spacial score (nSPS) is 12.2. The second-order valence-electron chi connectivity index (χ2n) is 4.35. The quantitative estimate of drug-likeness (QED) is 0.616. The van der Waals surface area contributed by atoms with Crippen molar-refractivity contribution in [1.82, 2.24) is 14.3 Å². The van der Waals surface area contributed by atoms with Crippen molar-refractivity contribution in [2.45, 2.75) is 32.2 Å². The number of ether oxygens (including phenoxy) is 2. The highest BCUT2D eigenvalue weighted by molar-refractivity contribution is 7.89. The van der Waals surface area contributed by atoms with Crippen LogP contribution in [-0.2, 0) is 25.9 Å². The van der Waals surface area contributed by atoms with Crippen molar-refractivity contribution in [3.63, 3.8) is 0 Å². The van der Waals surface area contributed by atoms with Gasteiger partial charge in [-0.3, -0.25) is 0 Å². The highest BCUT2D eigenvalue weighted by Crippen LogP contribution is 2.13. The molecule has 0 fully saturated rings. The van der Waals surface area contributed by atoms with Crippen LogP contribution in [0.3, 0.4) is 0 Å². The molecule has 0 aliphatic carbocycles. The average molecular weight is 319 g/mol. The highest BCUT2D eigenvalue weighted by atomic mass is 32.2. The van der Waals surface area contributed by atoms with E-state index < -0.39 is 10.0 Å². The van der Waals surface area contributed by atoms with Crippen LogP contribution in [0.4, 0.5) is 0 Å². The molecule has 0 aromatic carbocycles. The van der Waals surface area contributed by atoms with Gasteiger partial charge in [-0.15, -0.1) is 0 Å². The van der Waals surface area contributed by atoms with Crippen LogP contribution in [0.15, 0.2) is 11.2 Å². The van der Waals surface area contributed by atoms with E-state index in [1.54, 1.807) is 0 Å². The van der Waals surface area contributed by atoms with E-state index in [0.29, 0.717) is 51.8 Å². The summed E-state index contributed by atoms with van der Waals surface area (Å²) in [5, 5.41) is 0.118. The summed E-state index contributed by atoms with van der Waals surface area (Å²) in [6.45, 7) is 8.09. The molecule has 7 nitrogen and oxygen atoms in total. The largest absolute Gasteiger partial charge is 0.380 e. The molecule has 0 saturated carbocycles. The number of aromatic nitrogens is 2. The lowest BCUT2D eigenvalue weighted by atomic mass is 10.5. The topological polar surface area (TPSA) is 84.5 Å². The van der Waals surface area contributed by atoms with E-state index in [4.69, 9.17) is 9.47 Å². The van der Waals surface area contributed by atoms with Crippen LogP contribution in [0.2, 0.25) is 0 Å². The van der Waals surface area contributed by atoms with E-state index in [-0.39, 0.29) is 5.03 Å². The summed E-state index contributed by atoms with van der Waals surface area (Å²) < 4.78 is 37.1. The van der Waals surface area contributed by atoms with Crippen LogP contribution in [0.5, 0.6) is 0 Å². The average Bonchev–Trinajstić information content (AvgIpc) is 2.95. The third-order valence-corrected chi connectivity index (χ3v) is 4.74. The molecule has 1 aromatic heterocycles. The number of hydrogen-bond donors (Lipinski definition) is 1. The minimum absolute atomic E-state index is 0.118. The number of aromatic amines is 1. The van der Waals surface area contributed by atoms with Gasteiger partial charge in [0.15, 0.2) is 5.03 Å². The van der Waals surface area contributed by atoms with E-state index in [9.17, 15) is 8.42 Å². The summed E-state index contributed by atoms with van der Waals surface area (Å²) in [7, 11) is -3.60. The van der Waals surface area contributed by atoms with Crippen LogP contribution >= 0.6 is 0 Å². The predicted octanol–water partition coefficient (Wildman–Crippen LogP) is 1.04. The van der Waals surface area contributed by atoms with Crippen LogP contribution in [-0.4, -0.2) is 62.2 Å². The highest BCUT2D eigenvalue weighted by Gasteiger charge is 2.26. The third-order valence-electron chi connectivity index (χ3n) is 2.94. The molecule has 0 amide bonds. The Hall–Kier alpha value is -0.960. The second-order valence-corrected chi connectivity index (χ2v) is 6.25. The summed E-state index contributed by atoms with van der Waals surface area (Å²) >= 11 is 0. The van der Waals surface area contributed by atoms with Gasteiger partial charge in [0.2, 0.25) is 0 Å². The van der Waals surface area contributed by atoms with Crippen molar-refractivity contribution in [3.05, 3.63) is 12.0 Å². The van der Waals surface area contributed by atoms with Crippen molar-refractivity contribution in [2.24, 2.45) is 0 Å². The van der Waals surface area contributed by atoms with Crippen LogP contribution in [0.25, 0.3) is 0 Å². The van der Waals surface area contributed by atoms with Crippen molar-refractivity contribution in [3.8, 4) is 0 Å². The summed E-state index contributed by atoms with van der Waals surface area (Å²) in [4.78, 5) is 6.89. The molecule has 0 unspecified atom stereocenters. The summed E-state index contributed by atoms with van der Waals surface area (Å²) in [6, 6.07) is 0. The minimum atomic E-state index is -3.60. The number of sulfonamides is 1. The Morgan fingerprint density at radius 2 is 1.71 bits per heavy atom. The fraction of sp³-hybridized carbons (Fsp3) is 0.769. The molecule has 21 heavy (non-hydrogen) atoms. The zero-order chi connectivity index (χ0) is 15.7. The Morgan fingerprint density at radius 1 is 1.14 bits per heavy atom. The summed E-state index contributed by atoms with van der Waals surface area (Å²) in [5.74, 6) is 0.656. The number of rotatable bonds is 11. The van der Waals surface area contributed by atoms with Crippen molar-refractivity contribution in [2.75, 3.05) is 39.5 Å². The molecule has 0 aliphatic rings. The first-order valence-corrected chi connectivity index (χ1v) is 8.69. The molecular weight excluding hydrogens is 294 g/mol. The number of nitrogens with zero attached hydrogens (tertiary/aromatic N) is 2. The molecule has 1 aromatic rings. The van der Waals surface area contributed by atoms with E-state index in [1.807, 2.05) is 20.8 Å². The van der Waals surface area contributed by atoms with Gasteiger partial charge in [0, 0.05) is 32.7 Å². The Labute approximate surface area is 126 Å². The van der Waals surface area contributed by atoms with Gasteiger partial charge in [0.1, 0.15) is 5.82 Å². The Morgan fingerprint density at radius 3 is 2.14 bits per heavy atom. The lowest BCUT2D eigenvalue weighted by molar-refractivity contribution is 0.110. The van der Waals surface area contributed by atoms with Gasteiger partial charge in [-0.05, 0) is 13.8 Å². The predicted molar refractivity (Wildman–Crippen MR) is 79.7 cm³/mol. The Balaban J connectivity index is 2.81. The minimum Gasteiger partial charge on any atom is -0.380 e. The van der Waals surface area contributed by atoms with Crippen LogP contribution in [0.1, 0.15) is 26.6 Å². The number of aryl methyl sites for hydroxylation is 1. The standard InChI is InChI=1S/C13H25N3O4S/c1-4-12-14-11-13(15-12)21(17,18)16(7-9-19-5-2)8-10-20-6-3/h11H,4-10H2,1-3H3,(H,14,15). The zero-order valence-electron chi connectivity index (χ0n) is 13.0. The first-order chi connectivity index (χ1) is 10.1. The maximum Gasteiger partial charge on any atom is 0.260 e. The van der Waals surface area contributed by atoms with E-state index in [2.05, 4.69) is 9.97 Å². The molecule has 8 heteroatoms.